The fourth-order valence-corrected chi connectivity index (χ4v) is 5.22. The lowest BCUT2D eigenvalue weighted by Gasteiger charge is -2.34. The highest BCUT2D eigenvalue weighted by Gasteiger charge is 2.33. The smallest absolute Gasteiger partial charge is 0.246 e. The van der Waals surface area contributed by atoms with Gasteiger partial charge in [0.25, 0.3) is 0 Å². The summed E-state index contributed by atoms with van der Waals surface area (Å²) in [5.41, 5.74) is 1.03. The zero-order chi connectivity index (χ0) is 18.7. The van der Waals surface area contributed by atoms with Crippen LogP contribution in [-0.4, -0.2) is 97.7 Å². The number of aromatic amines is 1. The van der Waals surface area contributed by atoms with Crippen LogP contribution in [0, 0.1) is 13.8 Å². The first-order chi connectivity index (χ1) is 12.4. The van der Waals surface area contributed by atoms with Crippen molar-refractivity contribution < 1.29 is 17.9 Å². The maximum absolute atomic E-state index is 12.8. The molecule has 3 heterocycles. The molecule has 0 bridgehead atoms. The van der Waals surface area contributed by atoms with Crippen molar-refractivity contribution in [3.8, 4) is 0 Å². The molecule has 9 nitrogen and oxygen atoms in total. The SMILES string of the molecule is Cc1n[nH]c(C)c1S(=O)(=O)N1CCN(C(=O)CCN2CCOCC2)CC1. The second-order valence-corrected chi connectivity index (χ2v) is 8.63. The van der Waals surface area contributed by atoms with E-state index in [1.165, 1.54) is 4.31 Å². The summed E-state index contributed by atoms with van der Waals surface area (Å²) in [6.07, 6.45) is 0.465. The monoisotopic (exact) mass is 385 g/mol. The number of rotatable bonds is 5. The third-order valence-electron chi connectivity index (χ3n) is 5.00. The number of amides is 1. The van der Waals surface area contributed by atoms with Crippen LogP contribution in [0.1, 0.15) is 17.8 Å². The third-order valence-corrected chi connectivity index (χ3v) is 7.16. The van der Waals surface area contributed by atoms with Gasteiger partial charge in [-0.1, -0.05) is 0 Å². The molecular weight excluding hydrogens is 358 g/mol. The zero-order valence-corrected chi connectivity index (χ0v) is 16.2. The highest BCUT2D eigenvalue weighted by atomic mass is 32.2. The molecule has 1 N–H and O–H groups in total. The van der Waals surface area contributed by atoms with E-state index in [0.29, 0.717) is 44.0 Å². The third kappa shape index (κ3) is 4.08. The average Bonchev–Trinajstić information content (AvgIpc) is 2.99. The number of sulfonamides is 1. The van der Waals surface area contributed by atoms with Crippen LogP contribution < -0.4 is 0 Å². The van der Waals surface area contributed by atoms with E-state index in [2.05, 4.69) is 15.1 Å². The molecular formula is C16H27N5O4S. The van der Waals surface area contributed by atoms with Crippen molar-refractivity contribution in [1.82, 2.24) is 24.3 Å². The molecule has 0 radical (unpaired) electrons. The van der Waals surface area contributed by atoms with Crippen molar-refractivity contribution in [3.63, 3.8) is 0 Å². The number of H-pyrrole nitrogens is 1. The normalized spacial score (nSPS) is 20.5. The van der Waals surface area contributed by atoms with E-state index in [-0.39, 0.29) is 10.8 Å². The topological polar surface area (TPSA) is 98.8 Å². The summed E-state index contributed by atoms with van der Waals surface area (Å²) in [6, 6.07) is 0. The predicted octanol–water partition coefficient (Wildman–Crippen LogP) is -0.418. The summed E-state index contributed by atoms with van der Waals surface area (Å²) in [5.74, 6) is 0.0872. The molecule has 146 valence electrons. The first-order valence-electron chi connectivity index (χ1n) is 8.99. The summed E-state index contributed by atoms with van der Waals surface area (Å²) in [6.45, 7) is 8.77. The molecule has 0 aromatic carbocycles. The lowest BCUT2D eigenvalue weighted by Crippen LogP contribution is -2.51. The van der Waals surface area contributed by atoms with Crippen molar-refractivity contribution >= 4 is 15.9 Å². The van der Waals surface area contributed by atoms with Gasteiger partial charge in [0.1, 0.15) is 4.90 Å². The zero-order valence-electron chi connectivity index (χ0n) is 15.4. The molecule has 0 spiro atoms. The largest absolute Gasteiger partial charge is 0.379 e. The number of carbonyl (C=O) groups is 1. The average molecular weight is 385 g/mol. The maximum Gasteiger partial charge on any atom is 0.246 e. The molecule has 2 saturated heterocycles. The van der Waals surface area contributed by atoms with Gasteiger partial charge >= 0.3 is 0 Å². The summed E-state index contributed by atoms with van der Waals surface area (Å²) >= 11 is 0. The first kappa shape index (κ1) is 19.3. The molecule has 0 atom stereocenters. The van der Waals surface area contributed by atoms with E-state index >= 15 is 0 Å². The van der Waals surface area contributed by atoms with Gasteiger partial charge in [-0.2, -0.15) is 9.40 Å². The Kier molecular flexibility index (Phi) is 5.96. The number of nitrogens with one attached hydrogen (secondary N) is 1. The van der Waals surface area contributed by atoms with Gasteiger partial charge in [0.2, 0.25) is 15.9 Å². The molecule has 2 fully saturated rings. The molecule has 0 saturated carbocycles. The fourth-order valence-electron chi connectivity index (χ4n) is 3.46. The van der Waals surface area contributed by atoms with Crippen LogP contribution in [0.4, 0.5) is 0 Å². The number of aromatic nitrogens is 2. The Labute approximate surface area is 154 Å². The molecule has 3 rings (SSSR count). The summed E-state index contributed by atoms with van der Waals surface area (Å²) < 4.78 is 32.4. The molecule has 1 aromatic heterocycles. The van der Waals surface area contributed by atoms with E-state index in [9.17, 15) is 13.2 Å². The van der Waals surface area contributed by atoms with Gasteiger partial charge in [-0.15, -0.1) is 0 Å². The van der Waals surface area contributed by atoms with E-state index in [0.717, 1.165) is 32.8 Å². The molecule has 2 aliphatic rings. The minimum absolute atomic E-state index is 0.0872. The van der Waals surface area contributed by atoms with Crippen molar-refractivity contribution in [2.45, 2.75) is 25.2 Å². The van der Waals surface area contributed by atoms with Crippen LogP contribution in [0.25, 0.3) is 0 Å². The van der Waals surface area contributed by atoms with Gasteiger partial charge in [0.05, 0.1) is 24.6 Å². The Hall–Kier alpha value is -1.49. The summed E-state index contributed by atoms with van der Waals surface area (Å²) in [5, 5.41) is 6.70. The minimum Gasteiger partial charge on any atom is -0.379 e. The lowest BCUT2D eigenvalue weighted by molar-refractivity contribution is -0.133. The molecule has 0 aliphatic carbocycles. The van der Waals surface area contributed by atoms with E-state index in [1.807, 2.05) is 0 Å². The van der Waals surface area contributed by atoms with Gasteiger partial charge in [-0.25, -0.2) is 8.42 Å². The highest BCUT2D eigenvalue weighted by Crippen LogP contribution is 2.22. The van der Waals surface area contributed by atoms with Gasteiger partial charge in [-0.3, -0.25) is 14.8 Å². The number of hydrogen-bond acceptors (Lipinski definition) is 6. The van der Waals surface area contributed by atoms with Crippen molar-refractivity contribution in [1.29, 1.82) is 0 Å². The quantitative estimate of drug-likeness (QED) is 0.739. The van der Waals surface area contributed by atoms with Gasteiger partial charge in [0.15, 0.2) is 0 Å². The van der Waals surface area contributed by atoms with E-state index in [1.54, 1.807) is 18.7 Å². The Morgan fingerprint density at radius 1 is 1.12 bits per heavy atom. The van der Waals surface area contributed by atoms with Gasteiger partial charge in [0, 0.05) is 52.2 Å². The van der Waals surface area contributed by atoms with Crippen LogP contribution in [0.2, 0.25) is 0 Å². The standard InChI is InChI=1S/C16H27N5O4S/c1-13-16(14(2)18-17-13)26(23,24)21-7-5-20(6-8-21)15(22)3-4-19-9-11-25-12-10-19/h3-12H2,1-2H3,(H,17,18). The number of hydrogen-bond donors (Lipinski definition) is 1. The number of nitrogens with zero attached hydrogens (tertiary/aromatic N) is 4. The van der Waals surface area contributed by atoms with Crippen molar-refractivity contribution in [3.05, 3.63) is 11.4 Å². The summed E-state index contributed by atoms with van der Waals surface area (Å²) in [7, 11) is -3.58. The molecule has 2 aliphatic heterocycles. The second kappa shape index (κ2) is 8.03. The van der Waals surface area contributed by atoms with Crippen LogP contribution in [0.5, 0.6) is 0 Å². The fraction of sp³-hybridized carbons (Fsp3) is 0.750. The maximum atomic E-state index is 12.8. The van der Waals surface area contributed by atoms with Crippen LogP contribution >= 0.6 is 0 Å². The molecule has 26 heavy (non-hydrogen) atoms. The highest BCUT2D eigenvalue weighted by molar-refractivity contribution is 7.89. The predicted molar refractivity (Wildman–Crippen MR) is 95.3 cm³/mol. The lowest BCUT2D eigenvalue weighted by atomic mass is 10.3. The Bertz CT molecular complexity index is 714. The number of piperazine rings is 1. The Morgan fingerprint density at radius 2 is 1.77 bits per heavy atom. The van der Waals surface area contributed by atoms with Crippen LogP contribution in [0.15, 0.2) is 4.90 Å². The number of ether oxygens (including phenoxy) is 1. The molecule has 1 aromatic rings. The van der Waals surface area contributed by atoms with Crippen molar-refractivity contribution in [2.24, 2.45) is 0 Å². The van der Waals surface area contributed by atoms with Gasteiger partial charge < -0.3 is 9.64 Å². The summed E-state index contributed by atoms with van der Waals surface area (Å²) in [4.78, 5) is 16.7. The molecule has 0 unspecified atom stereocenters. The first-order valence-corrected chi connectivity index (χ1v) is 10.4. The number of aryl methyl sites for hydroxylation is 2. The van der Waals surface area contributed by atoms with Crippen LogP contribution in [-0.2, 0) is 19.6 Å². The number of carbonyl (C=O) groups excluding carboxylic acids is 1. The van der Waals surface area contributed by atoms with E-state index in [4.69, 9.17) is 4.74 Å². The van der Waals surface area contributed by atoms with Crippen molar-refractivity contribution in [2.75, 3.05) is 59.0 Å². The van der Waals surface area contributed by atoms with E-state index < -0.39 is 10.0 Å². The Balaban J connectivity index is 1.53. The second-order valence-electron chi connectivity index (χ2n) is 6.75. The molecule has 10 heteroatoms. The van der Waals surface area contributed by atoms with Gasteiger partial charge in [-0.05, 0) is 13.8 Å². The number of morpholine rings is 1. The minimum atomic E-state index is -3.58. The molecule has 1 amide bonds. The Morgan fingerprint density at radius 3 is 2.35 bits per heavy atom. The van der Waals surface area contributed by atoms with Crippen LogP contribution in [0.3, 0.4) is 0 Å².